The Balaban J connectivity index is 1.69. The molecule has 0 fully saturated rings. The molecule has 0 radical (unpaired) electrons. The van der Waals surface area contributed by atoms with Gasteiger partial charge in [-0.3, -0.25) is 4.79 Å². The minimum Gasteiger partial charge on any atom is -0.508 e. The molecule has 0 aliphatic carbocycles. The molecule has 1 atom stereocenters. The van der Waals surface area contributed by atoms with E-state index in [1.165, 1.54) is 0 Å². The van der Waals surface area contributed by atoms with Crippen LogP contribution in [0.2, 0.25) is 0 Å². The highest BCUT2D eigenvalue weighted by atomic mass is 16.3. The Bertz CT molecular complexity index is 920. The standard InChI is InChI=1S/C21H24N4O3/c1-3-4-17-18(26)10-7-15(21(17)28)12-22-23-16-8-5-14(6-9-16)20-13(2)11-19(27)24-25-20/h5-10,13,26,28H,3-4,11-12H2,1-2H3,(H,24,27). The molecular formula is C21H24N4O3. The van der Waals surface area contributed by atoms with Crippen molar-refractivity contribution in [2.24, 2.45) is 21.2 Å². The molecule has 146 valence electrons. The predicted octanol–water partition coefficient (Wildman–Crippen LogP) is 4.19. The fraction of sp³-hybridized carbons (Fsp3) is 0.333. The Kier molecular flexibility index (Phi) is 6.03. The van der Waals surface area contributed by atoms with Gasteiger partial charge in [0.1, 0.15) is 11.5 Å². The number of benzene rings is 2. The van der Waals surface area contributed by atoms with Gasteiger partial charge in [0.15, 0.2) is 0 Å². The second-order valence-electron chi connectivity index (χ2n) is 6.90. The quantitative estimate of drug-likeness (QED) is 0.654. The second kappa shape index (κ2) is 8.65. The van der Waals surface area contributed by atoms with E-state index in [0.717, 1.165) is 17.7 Å². The molecule has 1 aliphatic rings. The van der Waals surface area contributed by atoms with Gasteiger partial charge in [0.05, 0.1) is 17.9 Å². The van der Waals surface area contributed by atoms with Crippen molar-refractivity contribution in [3.63, 3.8) is 0 Å². The fourth-order valence-electron chi connectivity index (χ4n) is 3.19. The van der Waals surface area contributed by atoms with Gasteiger partial charge < -0.3 is 10.2 Å². The summed E-state index contributed by atoms with van der Waals surface area (Å²) in [6.07, 6.45) is 1.86. The van der Waals surface area contributed by atoms with Gasteiger partial charge in [0, 0.05) is 23.5 Å². The van der Waals surface area contributed by atoms with E-state index < -0.39 is 0 Å². The van der Waals surface area contributed by atoms with Gasteiger partial charge in [-0.2, -0.15) is 15.3 Å². The molecule has 7 nitrogen and oxygen atoms in total. The fourth-order valence-corrected chi connectivity index (χ4v) is 3.19. The monoisotopic (exact) mass is 380 g/mol. The van der Waals surface area contributed by atoms with Crippen LogP contribution >= 0.6 is 0 Å². The molecule has 2 aromatic rings. The number of hydrogen-bond donors (Lipinski definition) is 3. The van der Waals surface area contributed by atoms with Crippen molar-refractivity contribution >= 4 is 17.3 Å². The lowest BCUT2D eigenvalue weighted by atomic mass is 9.94. The number of carbonyl (C=O) groups excluding carboxylic acids is 1. The van der Waals surface area contributed by atoms with Crippen LogP contribution < -0.4 is 5.43 Å². The Morgan fingerprint density at radius 2 is 1.93 bits per heavy atom. The van der Waals surface area contributed by atoms with Gasteiger partial charge in [-0.15, -0.1) is 0 Å². The van der Waals surface area contributed by atoms with Crippen LogP contribution in [0.15, 0.2) is 51.7 Å². The van der Waals surface area contributed by atoms with E-state index in [1.807, 2.05) is 38.1 Å². The molecule has 0 spiro atoms. The number of amides is 1. The van der Waals surface area contributed by atoms with Crippen molar-refractivity contribution < 1.29 is 15.0 Å². The third kappa shape index (κ3) is 4.36. The number of hydrazone groups is 1. The van der Waals surface area contributed by atoms with E-state index in [4.69, 9.17) is 0 Å². The molecule has 0 saturated carbocycles. The van der Waals surface area contributed by atoms with Gasteiger partial charge in [-0.25, -0.2) is 5.43 Å². The first-order chi connectivity index (χ1) is 13.5. The molecule has 0 saturated heterocycles. The molecule has 2 aromatic carbocycles. The molecule has 1 amide bonds. The summed E-state index contributed by atoms with van der Waals surface area (Å²) < 4.78 is 0. The van der Waals surface area contributed by atoms with Gasteiger partial charge in [0.25, 0.3) is 0 Å². The molecule has 7 heteroatoms. The number of carbonyl (C=O) groups is 1. The summed E-state index contributed by atoms with van der Waals surface area (Å²) in [6, 6.07) is 10.7. The van der Waals surface area contributed by atoms with Gasteiger partial charge in [0.2, 0.25) is 5.91 Å². The third-order valence-electron chi connectivity index (χ3n) is 4.69. The highest BCUT2D eigenvalue weighted by molar-refractivity contribution is 6.05. The lowest BCUT2D eigenvalue weighted by Crippen LogP contribution is -2.31. The van der Waals surface area contributed by atoms with Crippen LogP contribution in [0.25, 0.3) is 0 Å². The number of phenolic OH excluding ortho intramolecular Hbond substituents is 2. The van der Waals surface area contributed by atoms with E-state index >= 15 is 0 Å². The third-order valence-corrected chi connectivity index (χ3v) is 4.69. The first-order valence-electron chi connectivity index (χ1n) is 9.36. The largest absolute Gasteiger partial charge is 0.508 e. The van der Waals surface area contributed by atoms with Crippen molar-refractivity contribution in [2.45, 2.75) is 39.7 Å². The summed E-state index contributed by atoms with van der Waals surface area (Å²) >= 11 is 0. The average Bonchev–Trinajstić information content (AvgIpc) is 2.68. The lowest BCUT2D eigenvalue weighted by molar-refractivity contribution is -0.121. The van der Waals surface area contributed by atoms with Gasteiger partial charge in [-0.05, 0) is 36.2 Å². The summed E-state index contributed by atoms with van der Waals surface area (Å²) in [5.41, 5.74) is 6.16. The Morgan fingerprint density at radius 3 is 2.61 bits per heavy atom. The Labute approximate surface area is 163 Å². The van der Waals surface area contributed by atoms with Crippen molar-refractivity contribution in [2.75, 3.05) is 0 Å². The number of nitrogens with zero attached hydrogens (tertiary/aromatic N) is 3. The van der Waals surface area contributed by atoms with Crippen molar-refractivity contribution in [3.8, 4) is 11.5 Å². The molecule has 0 bridgehead atoms. The van der Waals surface area contributed by atoms with Crippen LogP contribution in [0.4, 0.5) is 5.69 Å². The predicted molar refractivity (Wildman–Crippen MR) is 107 cm³/mol. The zero-order chi connectivity index (χ0) is 20.1. The maximum atomic E-state index is 11.4. The van der Waals surface area contributed by atoms with Crippen molar-refractivity contribution in [3.05, 3.63) is 53.1 Å². The van der Waals surface area contributed by atoms with Crippen LogP contribution in [0.5, 0.6) is 11.5 Å². The summed E-state index contributed by atoms with van der Waals surface area (Å²) in [6.45, 7) is 4.19. The zero-order valence-corrected chi connectivity index (χ0v) is 16.0. The molecule has 0 aromatic heterocycles. The molecule has 1 unspecified atom stereocenters. The average molecular weight is 380 g/mol. The number of hydrogen-bond acceptors (Lipinski definition) is 6. The summed E-state index contributed by atoms with van der Waals surface area (Å²) in [7, 11) is 0. The zero-order valence-electron chi connectivity index (χ0n) is 16.0. The molecule has 1 aliphatic heterocycles. The Hall–Kier alpha value is -3.22. The SMILES string of the molecule is CCCc1c(O)ccc(CN=Nc2ccc(C3=NNC(=O)CC3C)cc2)c1O. The van der Waals surface area contributed by atoms with Crippen LogP contribution in [0, 0.1) is 5.92 Å². The molecule has 28 heavy (non-hydrogen) atoms. The van der Waals surface area contributed by atoms with E-state index in [1.54, 1.807) is 12.1 Å². The number of rotatable bonds is 6. The number of azo groups is 1. The topological polar surface area (TPSA) is 107 Å². The van der Waals surface area contributed by atoms with E-state index in [9.17, 15) is 15.0 Å². The molecule has 1 heterocycles. The molecule has 3 rings (SSSR count). The summed E-state index contributed by atoms with van der Waals surface area (Å²) in [4.78, 5) is 11.4. The maximum Gasteiger partial charge on any atom is 0.240 e. The number of phenols is 2. The second-order valence-corrected chi connectivity index (χ2v) is 6.90. The normalized spacial score (nSPS) is 16.9. The summed E-state index contributed by atoms with van der Waals surface area (Å²) in [5, 5.41) is 32.7. The molecular weight excluding hydrogens is 356 g/mol. The van der Waals surface area contributed by atoms with Crippen LogP contribution in [0.1, 0.15) is 43.4 Å². The van der Waals surface area contributed by atoms with Gasteiger partial charge in [-0.1, -0.05) is 32.4 Å². The first kappa shape index (κ1) is 19.5. The number of aromatic hydroxyl groups is 2. The maximum absolute atomic E-state index is 11.4. The van der Waals surface area contributed by atoms with E-state index in [2.05, 4.69) is 20.8 Å². The van der Waals surface area contributed by atoms with E-state index in [0.29, 0.717) is 29.7 Å². The van der Waals surface area contributed by atoms with Crippen LogP contribution in [0.3, 0.4) is 0 Å². The highest BCUT2D eigenvalue weighted by Crippen LogP contribution is 2.32. The van der Waals surface area contributed by atoms with Crippen molar-refractivity contribution in [1.29, 1.82) is 0 Å². The minimum atomic E-state index is -0.0683. The van der Waals surface area contributed by atoms with Crippen molar-refractivity contribution in [1.82, 2.24) is 5.43 Å². The highest BCUT2D eigenvalue weighted by Gasteiger charge is 2.21. The lowest BCUT2D eigenvalue weighted by Gasteiger charge is -2.19. The van der Waals surface area contributed by atoms with E-state index in [-0.39, 0.29) is 29.9 Å². The smallest absolute Gasteiger partial charge is 0.240 e. The Morgan fingerprint density at radius 1 is 1.18 bits per heavy atom. The van der Waals surface area contributed by atoms with Crippen LogP contribution in [-0.4, -0.2) is 21.8 Å². The first-order valence-corrected chi connectivity index (χ1v) is 9.36. The summed E-state index contributed by atoms with van der Waals surface area (Å²) in [5.74, 6) is 0.187. The van der Waals surface area contributed by atoms with Crippen LogP contribution in [-0.2, 0) is 17.8 Å². The van der Waals surface area contributed by atoms with Gasteiger partial charge >= 0.3 is 0 Å². The number of nitrogens with one attached hydrogen (secondary N) is 1. The molecule has 3 N–H and O–H groups in total. The minimum absolute atomic E-state index is 0.0658.